The zero-order valence-electron chi connectivity index (χ0n) is 16.5. The Morgan fingerprint density at radius 3 is 2.79 bits per heavy atom. The fourth-order valence-corrected chi connectivity index (χ4v) is 3.33. The van der Waals surface area contributed by atoms with E-state index in [1.165, 1.54) is 10.9 Å². The first kappa shape index (κ1) is 18.7. The van der Waals surface area contributed by atoms with Crippen LogP contribution in [-0.4, -0.2) is 33.2 Å². The molecule has 29 heavy (non-hydrogen) atoms. The lowest BCUT2D eigenvalue weighted by Gasteiger charge is -2.03. The molecule has 2 aromatic heterocycles. The number of benzene rings is 2. The van der Waals surface area contributed by atoms with Crippen LogP contribution in [0.5, 0.6) is 5.75 Å². The van der Waals surface area contributed by atoms with Gasteiger partial charge in [-0.3, -0.25) is 9.89 Å². The third-order valence-corrected chi connectivity index (χ3v) is 4.96. The molecule has 0 unspecified atom stereocenters. The molecule has 0 atom stereocenters. The lowest BCUT2D eigenvalue weighted by molar-refractivity contribution is -0.121. The van der Waals surface area contributed by atoms with Crippen LogP contribution in [0.15, 0.2) is 48.7 Å². The minimum Gasteiger partial charge on any atom is -0.497 e. The molecule has 0 aliphatic rings. The number of hydrogen-bond donors (Lipinski definition) is 3. The van der Waals surface area contributed by atoms with Crippen molar-refractivity contribution in [1.29, 1.82) is 0 Å². The number of nitrogens with one attached hydrogen (secondary N) is 3. The van der Waals surface area contributed by atoms with Gasteiger partial charge in [0.25, 0.3) is 0 Å². The van der Waals surface area contributed by atoms with Crippen LogP contribution in [0.4, 0.5) is 0 Å². The Labute approximate surface area is 168 Å². The van der Waals surface area contributed by atoms with Crippen molar-refractivity contribution in [1.82, 2.24) is 25.5 Å². The zero-order valence-corrected chi connectivity index (χ0v) is 16.5. The van der Waals surface area contributed by atoms with Crippen LogP contribution in [-0.2, 0) is 17.8 Å². The molecule has 2 heterocycles. The van der Waals surface area contributed by atoms with E-state index < -0.39 is 0 Å². The van der Waals surface area contributed by atoms with Gasteiger partial charge in [0, 0.05) is 29.1 Å². The maximum atomic E-state index is 12.3. The largest absolute Gasteiger partial charge is 0.497 e. The number of aromatic amines is 2. The highest BCUT2D eigenvalue weighted by molar-refractivity contribution is 5.86. The predicted molar refractivity (Wildman–Crippen MR) is 112 cm³/mol. The second-order valence-corrected chi connectivity index (χ2v) is 6.92. The lowest BCUT2D eigenvalue weighted by atomic mass is 10.1. The summed E-state index contributed by atoms with van der Waals surface area (Å²) < 4.78 is 5.16. The van der Waals surface area contributed by atoms with Crippen molar-refractivity contribution in [2.75, 3.05) is 7.11 Å². The van der Waals surface area contributed by atoms with Crippen LogP contribution in [0.25, 0.3) is 22.3 Å². The van der Waals surface area contributed by atoms with Crippen LogP contribution in [0, 0.1) is 6.92 Å². The van der Waals surface area contributed by atoms with Crippen molar-refractivity contribution >= 4 is 16.8 Å². The molecule has 4 rings (SSSR count). The fraction of sp³-hybridized carbons (Fsp3) is 0.227. The number of methoxy groups -OCH3 is 1. The molecule has 7 heteroatoms. The van der Waals surface area contributed by atoms with Gasteiger partial charge in [-0.05, 0) is 48.7 Å². The van der Waals surface area contributed by atoms with Crippen molar-refractivity contribution in [3.63, 3.8) is 0 Å². The van der Waals surface area contributed by atoms with E-state index in [0.717, 1.165) is 22.4 Å². The molecule has 2 aromatic carbocycles. The smallest absolute Gasteiger partial charge is 0.220 e. The Morgan fingerprint density at radius 1 is 1.17 bits per heavy atom. The average Bonchev–Trinajstić information content (AvgIpc) is 3.39. The summed E-state index contributed by atoms with van der Waals surface area (Å²) in [7, 11) is 1.63. The second-order valence-electron chi connectivity index (χ2n) is 6.92. The van der Waals surface area contributed by atoms with Crippen molar-refractivity contribution in [3.05, 3.63) is 65.6 Å². The highest BCUT2D eigenvalue weighted by atomic mass is 16.5. The maximum Gasteiger partial charge on any atom is 0.220 e. The maximum absolute atomic E-state index is 12.3. The minimum atomic E-state index is -0.0191. The van der Waals surface area contributed by atoms with E-state index in [4.69, 9.17) is 4.74 Å². The number of H-pyrrole nitrogens is 2. The average molecular weight is 389 g/mol. The third-order valence-electron chi connectivity index (χ3n) is 4.96. The molecule has 7 nitrogen and oxygen atoms in total. The van der Waals surface area contributed by atoms with E-state index >= 15 is 0 Å². The summed E-state index contributed by atoms with van der Waals surface area (Å²) >= 11 is 0. The summed E-state index contributed by atoms with van der Waals surface area (Å²) in [5.74, 6) is 1.97. The van der Waals surface area contributed by atoms with Crippen LogP contribution in [0.3, 0.4) is 0 Å². The molecular formula is C22H23N5O2. The van der Waals surface area contributed by atoms with Crippen molar-refractivity contribution in [2.45, 2.75) is 26.3 Å². The summed E-state index contributed by atoms with van der Waals surface area (Å²) in [6.07, 6.45) is 3.09. The van der Waals surface area contributed by atoms with E-state index in [-0.39, 0.29) is 5.91 Å². The number of para-hydroxylation sites is 1. The Morgan fingerprint density at radius 2 is 2.00 bits per heavy atom. The summed E-state index contributed by atoms with van der Waals surface area (Å²) in [6, 6.07) is 13.7. The Bertz CT molecular complexity index is 1130. The van der Waals surface area contributed by atoms with Crippen LogP contribution < -0.4 is 10.1 Å². The molecule has 0 aliphatic heterocycles. The van der Waals surface area contributed by atoms with E-state index in [1.807, 2.05) is 36.5 Å². The molecular weight excluding hydrogens is 366 g/mol. The molecule has 0 spiro atoms. The van der Waals surface area contributed by atoms with Gasteiger partial charge < -0.3 is 15.0 Å². The Kier molecular flexibility index (Phi) is 5.29. The molecule has 0 aliphatic carbocycles. The Balaban J connectivity index is 1.31. The quantitative estimate of drug-likeness (QED) is 0.451. The molecule has 0 saturated carbocycles. The SMILES string of the molecule is COc1ccc(-c2n[nH]c(CNC(=O)CCc3c[nH]c4c(C)cccc34)n2)cc1. The van der Waals surface area contributed by atoms with Gasteiger partial charge in [-0.2, -0.15) is 5.10 Å². The fourth-order valence-electron chi connectivity index (χ4n) is 3.33. The van der Waals surface area contributed by atoms with Gasteiger partial charge in [-0.25, -0.2) is 4.98 Å². The number of carbonyl (C=O) groups is 1. The summed E-state index contributed by atoms with van der Waals surface area (Å²) in [4.78, 5) is 20.0. The Hall–Kier alpha value is -3.61. The van der Waals surface area contributed by atoms with E-state index in [1.54, 1.807) is 7.11 Å². The summed E-state index contributed by atoms with van der Waals surface area (Å²) in [5, 5.41) is 11.2. The van der Waals surface area contributed by atoms with Gasteiger partial charge in [0.2, 0.25) is 5.91 Å². The molecule has 0 radical (unpaired) electrons. The van der Waals surface area contributed by atoms with Gasteiger partial charge >= 0.3 is 0 Å². The van der Waals surface area contributed by atoms with E-state index in [9.17, 15) is 4.79 Å². The standard InChI is InChI=1S/C22H23N5O2/c1-14-4-3-5-18-16(12-24-21(14)18)8-11-20(28)23-13-19-25-22(27-26-19)15-6-9-17(29-2)10-7-15/h3-7,9-10,12,24H,8,11,13H2,1-2H3,(H,23,28)(H,25,26,27). The number of rotatable bonds is 7. The lowest BCUT2D eigenvalue weighted by Crippen LogP contribution is -2.23. The number of carbonyl (C=O) groups excluding carboxylic acids is 1. The topological polar surface area (TPSA) is 95.7 Å². The van der Waals surface area contributed by atoms with Crippen LogP contribution in [0.2, 0.25) is 0 Å². The first-order valence-corrected chi connectivity index (χ1v) is 9.52. The van der Waals surface area contributed by atoms with Gasteiger partial charge in [-0.15, -0.1) is 0 Å². The van der Waals surface area contributed by atoms with Gasteiger partial charge in [0.05, 0.1) is 13.7 Å². The minimum absolute atomic E-state index is 0.0191. The number of aromatic nitrogens is 4. The molecule has 0 fully saturated rings. The van der Waals surface area contributed by atoms with Crippen molar-refractivity contribution in [3.8, 4) is 17.1 Å². The molecule has 4 aromatic rings. The zero-order chi connectivity index (χ0) is 20.2. The molecule has 148 valence electrons. The second kappa shape index (κ2) is 8.18. The van der Waals surface area contributed by atoms with E-state index in [2.05, 4.69) is 44.5 Å². The van der Waals surface area contributed by atoms with Gasteiger partial charge in [0.1, 0.15) is 11.6 Å². The van der Waals surface area contributed by atoms with Crippen molar-refractivity contribution in [2.24, 2.45) is 0 Å². The number of ether oxygens (including phenoxy) is 1. The third kappa shape index (κ3) is 4.13. The summed E-state index contributed by atoms with van der Waals surface area (Å²) in [5.41, 5.74) is 4.38. The predicted octanol–water partition coefficient (Wildman–Crippen LogP) is 3.52. The number of aryl methyl sites for hydroxylation is 2. The molecule has 1 amide bonds. The number of hydrogen-bond acceptors (Lipinski definition) is 4. The van der Waals surface area contributed by atoms with Crippen LogP contribution >= 0.6 is 0 Å². The monoisotopic (exact) mass is 389 g/mol. The highest BCUT2D eigenvalue weighted by Crippen LogP contribution is 2.22. The summed E-state index contributed by atoms with van der Waals surface area (Å²) in [6.45, 7) is 2.39. The first-order chi connectivity index (χ1) is 14.1. The van der Waals surface area contributed by atoms with Crippen LogP contribution in [0.1, 0.15) is 23.4 Å². The highest BCUT2D eigenvalue weighted by Gasteiger charge is 2.10. The molecule has 3 N–H and O–H groups in total. The van der Waals surface area contributed by atoms with Gasteiger partial charge in [-0.1, -0.05) is 18.2 Å². The molecule has 0 bridgehead atoms. The molecule has 0 saturated heterocycles. The normalized spacial score (nSPS) is 11.0. The number of nitrogens with zero attached hydrogens (tertiary/aromatic N) is 2. The van der Waals surface area contributed by atoms with Gasteiger partial charge in [0.15, 0.2) is 5.82 Å². The first-order valence-electron chi connectivity index (χ1n) is 9.52. The number of fused-ring (bicyclic) bond motifs is 1. The van der Waals surface area contributed by atoms with E-state index in [0.29, 0.717) is 31.0 Å². The number of amides is 1. The van der Waals surface area contributed by atoms with Crippen molar-refractivity contribution < 1.29 is 9.53 Å².